The Kier molecular flexibility index (Phi) is 4.34. The van der Waals surface area contributed by atoms with Crippen LogP contribution in [0.2, 0.25) is 0 Å². The fourth-order valence-corrected chi connectivity index (χ4v) is 4.80. The maximum Gasteiger partial charge on any atom is 0.344 e. The van der Waals surface area contributed by atoms with Crippen LogP contribution in [0.5, 0.6) is 11.6 Å². The van der Waals surface area contributed by atoms with Crippen LogP contribution in [0.15, 0.2) is 93.1 Å². The van der Waals surface area contributed by atoms with Crippen molar-refractivity contribution in [3.63, 3.8) is 0 Å². The van der Waals surface area contributed by atoms with Gasteiger partial charge in [0.15, 0.2) is 17.2 Å². The number of rotatable bonds is 2. The van der Waals surface area contributed by atoms with E-state index in [-0.39, 0.29) is 0 Å². The zero-order valence-corrected chi connectivity index (χ0v) is 19.5. The monoisotopic (exact) mass is 523 g/mol. The van der Waals surface area contributed by atoms with Crippen molar-refractivity contribution >= 4 is 32.5 Å². The molecule has 6 aromatic rings. The molecule has 0 saturated heterocycles. The third-order valence-electron chi connectivity index (χ3n) is 6.08. The summed E-state index contributed by atoms with van der Waals surface area (Å²) in [5.41, 5.74) is 3.17. The molecule has 9 heteroatoms. The lowest BCUT2D eigenvalue weighted by Crippen LogP contribution is -2.22. The molecule has 168 valence electrons. The lowest BCUT2D eigenvalue weighted by Gasteiger charge is -2.27. The zero-order chi connectivity index (χ0) is 23.5. The van der Waals surface area contributed by atoms with Gasteiger partial charge in [-0.2, -0.15) is 0 Å². The summed E-state index contributed by atoms with van der Waals surface area (Å²) in [5.74, 6) is 0.780. The third-order valence-corrected chi connectivity index (χ3v) is 6.61. The van der Waals surface area contributed by atoms with Crippen molar-refractivity contribution in [2.75, 3.05) is 0 Å². The van der Waals surface area contributed by atoms with E-state index in [0.717, 1.165) is 15.6 Å². The zero-order valence-electron chi connectivity index (χ0n) is 17.9. The maximum absolute atomic E-state index is 13.3. The van der Waals surface area contributed by atoms with Crippen LogP contribution in [0.25, 0.3) is 28.0 Å². The van der Waals surface area contributed by atoms with Crippen molar-refractivity contribution < 1.29 is 9.15 Å². The van der Waals surface area contributed by atoms with Crippen LogP contribution in [0.4, 0.5) is 0 Å². The van der Waals surface area contributed by atoms with Crippen molar-refractivity contribution in [2.24, 2.45) is 0 Å². The highest BCUT2D eigenvalue weighted by Gasteiger charge is 2.37. The van der Waals surface area contributed by atoms with Crippen LogP contribution in [0, 0.1) is 0 Å². The first-order valence-electron chi connectivity index (χ1n) is 10.8. The number of nitrogens with zero attached hydrogens (tertiary/aromatic N) is 5. The fourth-order valence-electron chi connectivity index (χ4n) is 4.53. The summed E-state index contributed by atoms with van der Waals surface area (Å²) in [4.78, 5) is 27.0. The molecule has 0 N–H and O–H groups in total. The molecule has 0 bridgehead atoms. The van der Waals surface area contributed by atoms with Gasteiger partial charge in [-0.3, -0.25) is 4.98 Å². The first-order valence-corrected chi connectivity index (χ1v) is 11.6. The van der Waals surface area contributed by atoms with Crippen LogP contribution >= 0.6 is 15.9 Å². The van der Waals surface area contributed by atoms with Crippen LogP contribution in [0.1, 0.15) is 22.6 Å². The van der Waals surface area contributed by atoms with Gasteiger partial charge in [0.05, 0.1) is 22.4 Å². The Balaban J connectivity index is 1.54. The lowest BCUT2D eigenvalue weighted by molar-refractivity contribution is 0.422. The maximum atomic E-state index is 13.3. The number of hydrogen-bond donors (Lipinski definition) is 0. The molecule has 0 amide bonds. The van der Waals surface area contributed by atoms with E-state index in [0.29, 0.717) is 45.2 Å². The first-order chi connectivity index (χ1) is 17.2. The van der Waals surface area contributed by atoms with Crippen LogP contribution in [-0.2, 0) is 0 Å². The van der Waals surface area contributed by atoms with Crippen LogP contribution in [-0.4, -0.2) is 24.6 Å². The predicted molar refractivity (Wildman–Crippen MR) is 132 cm³/mol. The number of fused-ring (bicyclic) bond motifs is 6. The van der Waals surface area contributed by atoms with Gasteiger partial charge in [-0.05, 0) is 35.9 Å². The van der Waals surface area contributed by atoms with E-state index >= 15 is 0 Å². The van der Waals surface area contributed by atoms with Gasteiger partial charge in [-0.25, -0.2) is 19.3 Å². The van der Waals surface area contributed by atoms with Crippen molar-refractivity contribution in [2.45, 2.75) is 5.92 Å². The largest absolute Gasteiger partial charge is 0.437 e. The number of halogens is 1. The summed E-state index contributed by atoms with van der Waals surface area (Å²) in [6, 6.07) is 18.8. The molecule has 7 rings (SSSR count). The second-order valence-electron chi connectivity index (χ2n) is 8.12. The minimum Gasteiger partial charge on any atom is -0.437 e. The van der Waals surface area contributed by atoms with E-state index in [2.05, 4.69) is 31.0 Å². The molecule has 35 heavy (non-hydrogen) atoms. The molecule has 2 aromatic carbocycles. The Morgan fingerprint density at radius 1 is 0.971 bits per heavy atom. The summed E-state index contributed by atoms with van der Waals surface area (Å²) in [6.07, 6.45) is 4.99. The smallest absolute Gasteiger partial charge is 0.344 e. The summed E-state index contributed by atoms with van der Waals surface area (Å²) < 4.78 is 14.6. The molecular weight excluding hydrogens is 510 g/mol. The Morgan fingerprint density at radius 2 is 1.83 bits per heavy atom. The van der Waals surface area contributed by atoms with Gasteiger partial charge >= 0.3 is 5.63 Å². The Morgan fingerprint density at radius 3 is 2.66 bits per heavy atom. The number of para-hydroxylation sites is 1. The van der Waals surface area contributed by atoms with Gasteiger partial charge in [-0.1, -0.05) is 46.3 Å². The number of hydrogen-bond acceptors (Lipinski definition) is 7. The normalized spacial score (nSPS) is 14.5. The summed E-state index contributed by atoms with van der Waals surface area (Å²) in [5, 5.41) is 5.33. The van der Waals surface area contributed by atoms with E-state index in [4.69, 9.17) is 14.1 Å². The minimum atomic E-state index is -0.554. The highest BCUT2D eigenvalue weighted by atomic mass is 79.9. The van der Waals surface area contributed by atoms with Crippen molar-refractivity contribution in [1.82, 2.24) is 24.6 Å². The number of aromatic nitrogens is 5. The van der Waals surface area contributed by atoms with Crippen molar-refractivity contribution in [3.05, 3.63) is 111 Å². The first kappa shape index (κ1) is 20.0. The van der Waals surface area contributed by atoms with Crippen LogP contribution < -0.4 is 10.4 Å². The highest BCUT2D eigenvalue weighted by Crippen LogP contribution is 2.48. The number of pyridine rings is 1. The van der Waals surface area contributed by atoms with Gasteiger partial charge < -0.3 is 9.15 Å². The molecule has 1 aliphatic rings. The molecule has 0 radical (unpaired) electrons. The molecule has 0 fully saturated rings. The van der Waals surface area contributed by atoms with Crippen molar-refractivity contribution in [3.8, 4) is 23.0 Å². The molecule has 1 unspecified atom stereocenters. The second kappa shape index (κ2) is 7.57. The predicted octanol–water partition coefficient (Wildman–Crippen LogP) is 5.34. The van der Waals surface area contributed by atoms with Gasteiger partial charge in [0, 0.05) is 22.4 Å². The van der Waals surface area contributed by atoms with E-state index < -0.39 is 11.5 Å². The van der Waals surface area contributed by atoms with E-state index in [1.165, 1.54) is 0 Å². The Hall–Kier alpha value is -4.37. The number of ether oxygens (including phenoxy) is 1. The summed E-state index contributed by atoms with van der Waals surface area (Å²) >= 11 is 3.46. The fraction of sp³-hybridized carbons (Fsp3) is 0.0385. The Labute approximate surface area is 206 Å². The topological polar surface area (TPSA) is 95.4 Å². The average Bonchev–Trinajstić information content (AvgIpc) is 3.33. The molecule has 4 aromatic heterocycles. The molecule has 0 spiro atoms. The molecular formula is C26H14BrN5O3. The second-order valence-corrected chi connectivity index (χ2v) is 9.04. The van der Waals surface area contributed by atoms with Gasteiger partial charge in [0.2, 0.25) is 5.88 Å². The number of benzene rings is 2. The molecule has 0 aliphatic carbocycles. The van der Waals surface area contributed by atoms with Crippen molar-refractivity contribution in [1.29, 1.82) is 0 Å². The standard InChI is InChI=1S/C26H14BrN5O3/c27-16-9-7-14(8-10-16)23-30-24-21-19(15-4-3-11-28-12-15)20-22(35-25(21)29-13-32(24)31-23)17-5-1-2-6-18(17)34-26(20)33/h1-13,19H. The minimum absolute atomic E-state index is 0.365. The van der Waals surface area contributed by atoms with E-state index in [9.17, 15) is 4.79 Å². The highest BCUT2D eigenvalue weighted by molar-refractivity contribution is 9.10. The molecule has 8 nitrogen and oxygen atoms in total. The van der Waals surface area contributed by atoms with E-state index in [1.54, 1.807) is 29.3 Å². The summed E-state index contributed by atoms with van der Waals surface area (Å²) in [7, 11) is 0. The molecule has 0 saturated carbocycles. The average molecular weight is 524 g/mol. The van der Waals surface area contributed by atoms with E-state index in [1.807, 2.05) is 54.6 Å². The third kappa shape index (κ3) is 3.08. The molecule has 1 atom stereocenters. The van der Waals surface area contributed by atoms with Crippen LogP contribution in [0.3, 0.4) is 0 Å². The van der Waals surface area contributed by atoms with Gasteiger partial charge in [-0.15, -0.1) is 5.10 Å². The van der Waals surface area contributed by atoms with Gasteiger partial charge in [0.1, 0.15) is 11.9 Å². The quantitative estimate of drug-likeness (QED) is 0.282. The molecule has 1 aliphatic heterocycles. The van der Waals surface area contributed by atoms with Gasteiger partial charge in [0.25, 0.3) is 0 Å². The molecule has 5 heterocycles. The SMILES string of the molecule is O=c1oc2ccccc2c2c1C(c1cccnc1)c1c(ncn3nc(-c4ccc(Br)cc4)nc13)O2. The summed E-state index contributed by atoms with van der Waals surface area (Å²) in [6.45, 7) is 0. The Bertz CT molecular complexity index is 1810. The lowest BCUT2D eigenvalue weighted by atomic mass is 9.85.